The molecule has 0 aliphatic carbocycles. The quantitative estimate of drug-likeness (QED) is 0.305. The fourth-order valence-corrected chi connectivity index (χ4v) is 4.76. The third kappa shape index (κ3) is 7.13. The zero-order valence-electron chi connectivity index (χ0n) is 18.3. The minimum atomic E-state index is 0. The van der Waals surface area contributed by atoms with Crippen LogP contribution in [-0.2, 0) is 24.2 Å². The van der Waals surface area contributed by atoms with Crippen molar-refractivity contribution < 1.29 is 4.74 Å². The van der Waals surface area contributed by atoms with Gasteiger partial charge in [-0.15, -0.1) is 45.5 Å². The smallest absolute Gasteiger partial charge is 0.194 e. The van der Waals surface area contributed by atoms with Crippen molar-refractivity contribution in [2.75, 3.05) is 45.9 Å². The maximum Gasteiger partial charge on any atom is 0.194 e. The number of aryl methyl sites for hydroxylation is 1. The highest BCUT2D eigenvalue weighted by atomic mass is 127. The predicted molar refractivity (Wildman–Crippen MR) is 135 cm³/mol. The second-order valence-electron chi connectivity index (χ2n) is 7.86. The summed E-state index contributed by atoms with van der Waals surface area (Å²) in [7, 11) is 0. The molecule has 31 heavy (non-hydrogen) atoms. The molecule has 10 heteroatoms. The van der Waals surface area contributed by atoms with Gasteiger partial charge >= 0.3 is 0 Å². The van der Waals surface area contributed by atoms with Gasteiger partial charge in [0, 0.05) is 63.7 Å². The third-order valence-corrected chi connectivity index (χ3v) is 6.61. The minimum Gasteiger partial charge on any atom is -0.376 e. The van der Waals surface area contributed by atoms with E-state index in [-0.39, 0.29) is 30.1 Å². The molecule has 2 aliphatic rings. The van der Waals surface area contributed by atoms with Gasteiger partial charge in [-0.3, -0.25) is 9.89 Å². The van der Waals surface area contributed by atoms with E-state index in [0.717, 1.165) is 90.0 Å². The topological polar surface area (TPSA) is 70.8 Å². The van der Waals surface area contributed by atoms with E-state index in [1.165, 1.54) is 4.88 Å². The fraction of sp³-hybridized carbons (Fsp3) is 0.667. The number of ether oxygens (including phenoxy) is 1. The van der Waals surface area contributed by atoms with Crippen molar-refractivity contribution in [1.82, 2.24) is 29.9 Å². The summed E-state index contributed by atoms with van der Waals surface area (Å²) >= 11 is 1.84. The van der Waals surface area contributed by atoms with Crippen LogP contribution in [0.1, 0.15) is 30.5 Å². The number of piperazine rings is 1. The van der Waals surface area contributed by atoms with Crippen molar-refractivity contribution >= 4 is 41.3 Å². The summed E-state index contributed by atoms with van der Waals surface area (Å²) in [6.45, 7) is 10.5. The van der Waals surface area contributed by atoms with Gasteiger partial charge in [0.2, 0.25) is 0 Å². The zero-order valence-corrected chi connectivity index (χ0v) is 21.4. The molecule has 4 heterocycles. The van der Waals surface area contributed by atoms with Crippen molar-refractivity contribution in [2.24, 2.45) is 4.99 Å². The van der Waals surface area contributed by atoms with Crippen LogP contribution >= 0.6 is 35.3 Å². The van der Waals surface area contributed by atoms with E-state index in [4.69, 9.17) is 9.73 Å². The Morgan fingerprint density at radius 1 is 1.32 bits per heavy atom. The number of guanidine groups is 1. The number of nitrogens with one attached hydrogen (secondary N) is 1. The lowest BCUT2D eigenvalue weighted by molar-refractivity contribution is 0.117. The Morgan fingerprint density at radius 3 is 2.90 bits per heavy atom. The molecule has 0 amide bonds. The average Bonchev–Trinajstić information content (AvgIpc) is 3.54. The molecule has 0 bridgehead atoms. The first-order valence-corrected chi connectivity index (χ1v) is 12.0. The number of hydrogen-bond acceptors (Lipinski definition) is 6. The molecule has 0 spiro atoms. The largest absolute Gasteiger partial charge is 0.376 e. The first kappa shape index (κ1) is 24.4. The first-order valence-electron chi connectivity index (χ1n) is 11.1. The van der Waals surface area contributed by atoms with Crippen molar-refractivity contribution in [3.05, 3.63) is 34.5 Å². The van der Waals surface area contributed by atoms with Crippen molar-refractivity contribution in [3.8, 4) is 0 Å². The Kier molecular flexibility index (Phi) is 10.0. The maximum absolute atomic E-state index is 5.78. The molecular formula is C21H34IN7OS. The second-order valence-corrected chi connectivity index (χ2v) is 8.90. The Hall–Kier alpha value is -1.24. The summed E-state index contributed by atoms with van der Waals surface area (Å²) in [5, 5.41) is 14.0. The van der Waals surface area contributed by atoms with Crippen LogP contribution in [0.15, 0.2) is 28.8 Å². The van der Waals surface area contributed by atoms with Gasteiger partial charge in [-0.05, 0) is 24.3 Å². The van der Waals surface area contributed by atoms with Gasteiger partial charge < -0.3 is 19.5 Å². The summed E-state index contributed by atoms with van der Waals surface area (Å²) < 4.78 is 7.89. The number of rotatable bonds is 8. The molecule has 2 aliphatic heterocycles. The molecule has 2 saturated heterocycles. The van der Waals surface area contributed by atoms with E-state index in [1.807, 2.05) is 17.7 Å². The summed E-state index contributed by atoms with van der Waals surface area (Å²) in [5.74, 6) is 2.03. The lowest BCUT2D eigenvalue weighted by Crippen LogP contribution is -2.52. The number of aromatic nitrogens is 3. The van der Waals surface area contributed by atoms with Crippen molar-refractivity contribution in [2.45, 2.75) is 45.4 Å². The Labute approximate surface area is 206 Å². The van der Waals surface area contributed by atoms with Gasteiger partial charge in [-0.2, -0.15) is 0 Å². The third-order valence-electron chi connectivity index (χ3n) is 5.75. The van der Waals surface area contributed by atoms with Crippen LogP contribution < -0.4 is 5.32 Å². The molecule has 2 fully saturated rings. The second kappa shape index (κ2) is 12.7. The molecule has 0 radical (unpaired) electrons. The molecule has 8 nitrogen and oxygen atoms in total. The normalized spacial score (nSPS) is 20.1. The molecule has 0 saturated carbocycles. The lowest BCUT2D eigenvalue weighted by Gasteiger charge is -2.36. The van der Waals surface area contributed by atoms with Gasteiger partial charge in [-0.1, -0.05) is 13.0 Å². The summed E-state index contributed by atoms with van der Waals surface area (Å²) in [4.78, 5) is 11.3. The number of thiophene rings is 1. The zero-order chi connectivity index (χ0) is 20.6. The number of halogens is 1. The van der Waals surface area contributed by atoms with Crippen LogP contribution in [-0.4, -0.2) is 82.5 Å². The van der Waals surface area contributed by atoms with Crippen LogP contribution in [0.3, 0.4) is 0 Å². The number of nitrogens with zero attached hydrogens (tertiary/aromatic N) is 6. The van der Waals surface area contributed by atoms with Gasteiger partial charge in [0.25, 0.3) is 0 Å². The van der Waals surface area contributed by atoms with Gasteiger partial charge in [0.1, 0.15) is 12.2 Å². The van der Waals surface area contributed by atoms with E-state index in [1.54, 1.807) is 0 Å². The van der Waals surface area contributed by atoms with Crippen molar-refractivity contribution in [1.29, 1.82) is 0 Å². The molecule has 1 atom stereocenters. The summed E-state index contributed by atoms with van der Waals surface area (Å²) in [6, 6.07) is 4.36. The van der Waals surface area contributed by atoms with Crippen LogP contribution in [0.5, 0.6) is 0 Å². The van der Waals surface area contributed by atoms with E-state index >= 15 is 0 Å². The van der Waals surface area contributed by atoms with Crippen LogP contribution in [0, 0.1) is 0 Å². The molecule has 0 aromatic carbocycles. The maximum atomic E-state index is 5.78. The first-order chi connectivity index (χ1) is 14.8. The fourth-order valence-electron chi connectivity index (χ4n) is 4.01. The summed E-state index contributed by atoms with van der Waals surface area (Å²) in [6.07, 6.45) is 5.24. The highest BCUT2D eigenvalue weighted by molar-refractivity contribution is 14.0. The van der Waals surface area contributed by atoms with E-state index in [2.05, 4.69) is 54.3 Å². The van der Waals surface area contributed by atoms with E-state index in [0.29, 0.717) is 0 Å². The van der Waals surface area contributed by atoms with Crippen LogP contribution in [0.25, 0.3) is 0 Å². The molecule has 2 aromatic heterocycles. The molecule has 2 aromatic rings. The minimum absolute atomic E-state index is 0. The van der Waals surface area contributed by atoms with Crippen LogP contribution in [0.4, 0.5) is 0 Å². The monoisotopic (exact) mass is 559 g/mol. The summed E-state index contributed by atoms with van der Waals surface area (Å²) in [5.41, 5.74) is 0. The molecule has 1 unspecified atom stereocenters. The molecular weight excluding hydrogens is 525 g/mol. The predicted octanol–water partition coefficient (Wildman–Crippen LogP) is 2.46. The van der Waals surface area contributed by atoms with E-state index < -0.39 is 0 Å². The molecule has 172 valence electrons. The highest BCUT2D eigenvalue weighted by Crippen LogP contribution is 2.15. The van der Waals surface area contributed by atoms with Crippen LogP contribution in [0.2, 0.25) is 0 Å². The van der Waals surface area contributed by atoms with Crippen molar-refractivity contribution in [3.63, 3.8) is 0 Å². The Balaban J connectivity index is 0.00000272. The Morgan fingerprint density at radius 2 is 2.19 bits per heavy atom. The lowest BCUT2D eigenvalue weighted by atomic mass is 10.2. The van der Waals surface area contributed by atoms with E-state index in [9.17, 15) is 0 Å². The standard InChI is InChI=1S/C21H33N7OS.HI/c1-2-20-25-24-17-28(20)8-7-22-21(23-15-18-5-3-13-29-18)27-11-9-26(10-12-27)16-19-6-4-14-30-19;/h4,6,14,17-18H,2-3,5,7-13,15-16H2,1H3,(H,22,23);1H. The SMILES string of the molecule is CCc1nncn1CCNC(=NCC1CCCO1)N1CCN(Cc2cccs2)CC1.I. The number of hydrogen-bond donors (Lipinski definition) is 1. The van der Waals surface area contributed by atoms with Gasteiger partial charge in [0.05, 0.1) is 12.6 Å². The molecule has 4 rings (SSSR count). The molecule has 1 N–H and O–H groups in total. The number of aliphatic imine (C=N–C) groups is 1. The highest BCUT2D eigenvalue weighted by Gasteiger charge is 2.21. The van der Waals surface area contributed by atoms with Gasteiger partial charge in [0.15, 0.2) is 5.96 Å². The average molecular weight is 560 g/mol. The Bertz CT molecular complexity index is 784. The van der Waals surface area contributed by atoms with Gasteiger partial charge in [-0.25, -0.2) is 0 Å².